The van der Waals surface area contributed by atoms with Gasteiger partial charge in [0.25, 0.3) is 0 Å². The first-order chi connectivity index (χ1) is 7.95. The van der Waals surface area contributed by atoms with Crippen LogP contribution in [0.3, 0.4) is 0 Å². The van der Waals surface area contributed by atoms with Crippen LogP contribution in [-0.2, 0) is 14.6 Å². The molecule has 0 radical (unpaired) electrons. The van der Waals surface area contributed by atoms with Crippen molar-refractivity contribution < 1.29 is 13.2 Å². The molecule has 0 aliphatic rings. The minimum absolute atomic E-state index is 0.246. The van der Waals surface area contributed by atoms with Gasteiger partial charge in [-0.2, -0.15) is 0 Å². The van der Waals surface area contributed by atoms with Gasteiger partial charge in [0.1, 0.15) is 9.84 Å². The molecule has 0 fully saturated rings. The van der Waals surface area contributed by atoms with Crippen LogP contribution in [0.4, 0.5) is 0 Å². The standard InChI is InChI=1S/C11H26N2O3S/c1-13(9-11-17(3,14)15)8-5-4-6-12-7-10-16-2/h12H,4-11H2,1-3H3. The quantitative estimate of drug-likeness (QED) is 0.533. The van der Waals surface area contributed by atoms with Crippen molar-refractivity contribution in [3.05, 3.63) is 0 Å². The minimum Gasteiger partial charge on any atom is -0.383 e. The van der Waals surface area contributed by atoms with Crippen molar-refractivity contribution in [2.75, 3.05) is 59.0 Å². The lowest BCUT2D eigenvalue weighted by molar-refractivity contribution is 0.199. The third-order valence-electron chi connectivity index (χ3n) is 2.47. The number of sulfone groups is 1. The summed E-state index contributed by atoms with van der Waals surface area (Å²) >= 11 is 0. The molecule has 0 aromatic carbocycles. The number of rotatable bonds is 11. The molecule has 0 heterocycles. The van der Waals surface area contributed by atoms with E-state index in [1.54, 1.807) is 7.11 Å². The van der Waals surface area contributed by atoms with Crippen LogP contribution in [0.1, 0.15) is 12.8 Å². The molecule has 0 saturated carbocycles. The number of hydrogen-bond donors (Lipinski definition) is 1. The summed E-state index contributed by atoms with van der Waals surface area (Å²) in [5.41, 5.74) is 0. The number of nitrogens with zero attached hydrogens (tertiary/aromatic N) is 1. The van der Waals surface area contributed by atoms with Crippen LogP contribution in [0.5, 0.6) is 0 Å². The molecule has 0 saturated heterocycles. The average Bonchev–Trinajstić information content (AvgIpc) is 2.24. The summed E-state index contributed by atoms with van der Waals surface area (Å²) in [7, 11) is 0.822. The zero-order valence-corrected chi connectivity index (χ0v) is 12.1. The SMILES string of the molecule is COCCNCCCCN(C)CCS(C)(=O)=O. The summed E-state index contributed by atoms with van der Waals surface area (Å²) in [6.45, 7) is 4.19. The number of unbranched alkanes of at least 4 members (excludes halogenated alkanes) is 1. The molecule has 0 atom stereocenters. The van der Waals surface area contributed by atoms with Gasteiger partial charge >= 0.3 is 0 Å². The van der Waals surface area contributed by atoms with Crippen molar-refractivity contribution >= 4 is 9.84 Å². The summed E-state index contributed by atoms with van der Waals surface area (Å²) in [5, 5.41) is 3.28. The first kappa shape index (κ1) is 16.8. The Morgan fingerprint density at radius 2 is 1.88 bits per heavy atom. The lowest BCUT2D eigenvalue weighted by atomic mass is 10.3. The maximum atomic E-state index is 11.0. The van der Waals surface area contributed by atoms with E-state index in [0.29, 0.717) is 6.54 Å². The number of nitrogens with one attached hydrogen (secondary N) is 1. The molecule has 0 bridgehead atoms. The molecule has 104 valence electrons. The molecule has 0 aromatic rings. The largest absolute Gasteiger partial charge is 0.383 e. The maximum absolute atomic E-state index is 11.0. The highest BCUT2D eigenvalue weighted by atomic mass is 32.2. The van der Waals surface area contributed by atoms with E-state index >= 15 is 0 Å². The highest BCUT2D eigenvalue weighted by molar-refractivity contribution is 7.90. The van der Waals surface area contributed by atoms with Gasteiger partial charge in [-0.1, -0.05) is 0 Å². The van der Waals surface area contributed by atoms with Gasteiger partial charge < -0.3 is 15.0 Å². The molecule has 0 unspecified atom stereocenters. The second-order valence-electron chi connectivity index (χ2n) is 4.38. The molecule has 0 aliphatic heterocycles. The van der Waals surface area contributed by atoms with E-state index in [1.807, 2.05) is 7.05 Å². The molecular weight excluding hydrogens is 240 g/mol. The molecule has 0 aliphatic carbocycles. The minimum atomic E-state index is -2.83. The van der Waals surface area contributed by atoms with Gasteiger partial charge in [0.15, 0.2) is 0 Å². The van der Waals surface area contributed by atoms with Crippen molar-refractivity contribution in [1.29, 1.82) is 0 Å². The van der Waals surface area contributed by atoms with Crippen LogP contribution in [0.2, 0.25) is 0 Å². The van der Waals surface area contributed by atoms with Gasteiger partial charge in [-0.05, 0) is 33.0 Å². The van der Waals surface area contributed by atoms with Crippen LogP contribution >= 0.6 is 0 Å². The molecule has 0 amide bonds. The Morgan fingerprint density at radius 1 is 1.18 bits per heavy atom. The predicted octanol–water partition coefficient (Wildman–Crippen LogP) is -0.0210. The summed E-state index contributed by atoms with van der Waals surface area (Å²) in [6.07, 6.45) is 3.47. The highest BCUT2D eigenvalue weighted by Crippen LogP contribution is 1.93. The molecule has 0 rings (SSSR count). The van der Waals surface area contributed by atoms with Gasteiger partial charge in [0.2, 0.25) is 0 Å². The van der Waals surface area contributed by atoms with Crippen molar-refractivity contribution in [3.63, 3.8) is 0 Å². The smallest absolute Gasteiger partial charge is 0.148 e. The van der Waals surface area contributed by atoms with E-state index in [0.717, 1.165) is 39.1 Å². The Balaban J connectivity index is 3.30. The Bertz CT molecular complexity index is 268. The van der Waals surface area contributed by atoms with Gasteiger partial charge in [0, 0.05) is 26.5 Å². The summed E-state index contributed by atoms with van der Waals surface area (Å²) < 4.78 is 26.9. The van der Waals surface area contributed by atoms with Crippen molar-refractivity contribution in [1.82, 2.24) is 10.2 Å². The van der Waals surface area contributed by atoms with Crippen LogP contribution in [0.15, 0.2) is 0 Å². The third-order valence-corrected chi connectivity index (χ3v) is 3.39. The highest BCUT2D eigenvalue weighted by Gasteiger charge is 2.04. The Hall–Kier alpha value is -0.170. The Morgan fingerprint density at radius 3 is 2.47 bits per heavy atom. The second kappa shape index (κ2) is 9.82. The second-order valence-corrected chi connectivity index (χ2v) is 6.64. The maximum Gasteiger partial charge on any atom is 0.148 e. The first-order valence-corrected chi connectivity index (χ1v) is 8.07. The number of hydrogen-bond acceptors (Lipinski definition) is 5. The summed E-state index contributed by atoms with van der Waals surface area (Å²) in [6, 6.07) is 0. The van der Waals surface area contributed by atoms with E-state index in [4.69, 9.17) is 4.74 Å². The van der Waals surface area contributed by atoms with E-state index < -0.39 is 9.84 Å². The molecule has 1 N–H and O–H groups in total. The van der Waals surface area contributed by atoms with Crippen LogP contribution in [-0.4, -0.2) is 72.3 Å². The molecular formula is C11H26N2O3S. The fourth-order valence-corrected chi connectivity index (χ4v) is 2.01. The van der Waals surface area contributed by atoms with E-state index in [1.165, 1.54) is 6.26 Å². The molecule has 0 spiro atoms. The van der Waals surface area contributed by atoms with Gasteiger partial charge in [-0.15, -0.1) is 0 Å². The zero-order chi connectivity index (χ0) is 13.1. The third kappa shape index (κ3) is 13.8. The van der Waals surface area contributed by atoms with Crippen molar-refractivity contribution in [3.8, 4) is 0 Å². The molecule has 17 heavy (non-hydrogen) atoms. The summed E-state index contributed by atoms with van der Waals surface area (Å²) in [5.74, 6) is 0.246. The van der Waals surface area contributed by atoms with E-state index in [9.17, 15) is 8.42 Å². The van der Waals surface area contributed by atoms with Gasteiger partial charge in [0.05, 0.1) is 12.4 Å². The Kier molecular flexibility index (Phi) is 9.72. The monoisotopic (exact) mass is 266 g/mol. The average molecular weight is 266 g/mol. The van der Waals surface area contributed by atoms with Crippen LogP contribution < -0.4 is 5.32 Å². The number of ether oxygens (including phenoxy) is 1. The van der Waals surface area contributed by atoms with Gasteiger partial charge in [-0.3, -0.25) is 0 Å². The lowest BCUT2D eigenvalue weighted by Crippen LogP contribution is -2.27. The Labute approximate surface area is 105 Å². The first-order valence-electron chi connectivity index (χ1n) is 6.01. The molecule has 0 aromatic heterocycles. The predicted molar refractivity (Wildman–Crippen MR) is 71.2 cm³/mol. The van der Waals surface area contributed by atoms with Crippen LogP contribution in [0.25, 0.3) is 0 Å². The van der Waals surface area contributed by atoms with E-state index in [2.05, 4.69) is 10.2 Å². The summed E-state index contributed by atoms with van der Waals surface area (Å²) in [4.78, 5) is 2.07. The zero-order valence-electron chi connectivity index (χ0n) is 11.2. The lowest BCUT2D eigenvalue weighted by Gasteiger charge is -2.15. The molecule has 5 nitrogen and oxygen atoms in total. The topological polar surface area (TPSA) is 58.6 Å². The fraction of sp³-hybridized carbons (Fsp3) is 1.00. The fourth-order valence-electron chi connectivity index (χ4n) is 1.36. The van der Waals surface area contributed by atoms with Crippen molar-refractivity contribution in [2.24, 2.45) is 0 Å². The van der Waals surface area contributed by atoms with Gasteiger partial charge in [-0.25, -0.2) is 8.42 Å². The van der Waals surface area contributed by atoms with Crippen LogP contribution in [0, 0.1) is 0 Å². The normalized spacial score (nSPS) is 12.2. The van der Waals surface area contributed by atoms with Crippen molar-refractivity contribution in [2.45, 2.75) is 12.8 Å². The number of methoxy groups -OCH3 is 1. The van der Waals surface area contributed by atoms with E-state index in [-0.39, 0.29) is 5.75 Å². The molecule has 6 heteroatoms.